The summed E-state index contributed by atoms with van der Waals surface area (Å²) >= 11 is 0. The Kier molecular flexibility index (Phi) is 3.16. The number of rotatable bonds is 3. The van der Waals surface area contributed by atoms with Crippen molar-refractivity contribution in [3.63, 3.8) is 0 Å². The number of benzene rings is 1. The van der Waals surface area contributed by atoms with Gasteiger partial charge in [0, 0.05) is 11.9 Å². The summed E-state index contributed by atoms with van der Waals surface area (Å²) in [4.78, 5) is 42.8. The molecule has 2 aliphatic heterocycles. The highest BCUT2D eigenvalue weighted by molar-refractivity contribution is 6.51. The van der Waals surface area contributed by atoms with Crippen LogP contribution in [0.15, 0.2) is 41.5 Å². The number of hydrogen-bond donors (Lipinski definition) is 1. The smallest absolute Gasteiger partial charge is 0.254 e. The quantitative estimate of drug-likeness (QED) is 0.665. The van der Waals surface area contributed by atoms with Gasteiger partial charge < -0.3 is 0 Å². The van der Waals surface area contributed by atoms with Gasteiger partial charge in [-0.3, -0.25) is 24.7 Å². The molecule has 2 amide bonds. The van der Waals surface area contributed by atoms with Crippen molar-refractivity contribution in [1.29, 1.82) is 0 Å². The molecule has 0 bridgehead atoms. The van der Waals surface area contributed by atoms with Crippen LogP contribution in [0, 0.1) is 5.92 Å². The molecular weight excluding hydrogens is 308 g/mol. The minimum Gasteiger partial charge on any atom is -0.296 e. The van der Waals surface area contributed by atoms with E-state index in [0.717, 1.165) is 10.3 Å². The summed E-state index contributed by atoms with van der Waals surface area (Å²) in [6.07, 6.45) is 0. The summed E-state index contributed by atoms with van der Waals surface area (Å²) < 4.78 is 0. The number of hydrazone groups is 1. The number of Topliss-reactive ketones (excluding diaryl/α,β-unsaturated/α-hetero) is 1. The number of carbonyl (C=O) groups excluding carboxylic acids is 3. The topological polar surface area (TPSA) is 91.7 Å². The van der Waals surface area contributed by atoms with Gasteiger partial charge in [0.2, 0.25) is 11.7 Å². The highest BCUT2D eigenvalue weighted by Crippen LogP contribution is 2.27. The molecule has 1 N–H and O–H groups in total. The molecule has 2 atom stereocenters. The maximum Gasteiger partial charge on any atom is 0.254 e. The third-order valence-corrected chi connectivity index (χ3v) is 4.40. The number of nitrogens with one attached hydrogen (secondary N) is 1. The number of likely N-dealkylation sites (N-methyl/N-ethyl adjacent to an activating group) is 1. The highest BCUT2D eigenvalue weighted by atomic mass is 16.2. The van der Waals surface area contributed by atoms with E-state index in [4.69, 9.17) is 0 Å². The van der Waals surface area contributed by atoms with Gasteiger partial charge in [0.05, 0.1) is 5.52 Å². The van der Waals surface area contributed by atoms with E-state index in [2.05, 4.69) is 15.5 Å². The first-order chi connectivity index (χ1) is 11.6. The van der Waals surface area contributed by atoms with Gasteiger partial charge in [0.1, 0.15) is 23.4 Å². The van der Waals surface area contributed by atoms with Crippen molar-refractivity contribution in [1.82, 2.24) is 15.3 Å². The van der Waals surface area contributed by atoms with Crippen LogP contribution in [0.25, 0.3) is 10.9 Å². The Morgan fingerprint density at radius 1 is 1.17 bits per heavy atom. The average molecular weight is 322 g/mol. The van der Waals surface area contributed by atoms with E-state index in [1.54, 1.807) is 19.1 Å². The first kappa shape index (κ1) is 14.5. The Balaban J connectivity index is 1.69. The number of pyridine rings is 1. The lowest BCUT2D eigenvalue weighted by atomic mass is 9.94. The molecule has 4 rings (SSSR count). The number of para-hydroxylation sites is 1. The Labute approximate surface area is 137 Å². The Morgan fingerprint density at radius 3 is 2.75 bits per heavy atom. The van der Waals surface area contributed by atoms with Gasteiger partial charge >= 0.3 is 0 Å². The average Bonchev–Trinajstić information content (AvgIpc) is 3.14. The molecule has 1 aromatic carbocycles. The number of amides is 2. The van der Waals surface area contributed by atoms with E-state index < -0.39 is 17.7 Å². The Hall–Kier alpha value is -3.09. The fraction of sp³-hybridized carbons (Fsp3) is 0.235. The molecule has 0 unspecified atom stereocenters. The Bertz CT molecular complexity index is 921. The van der Waals surface area contributed by atoms with Gasteiger partial charge in [0.15, 0.2) is 0 Å². The predicted octanol–water partition coefficient (Wildman–Crippen LogP) is 0.750. The predicted molar refractivity (Wildman–Crippen MR) is 86.3 cm³/mol. The lowest BCUT2D eigenvalue weighted by Crippen LogP contribution is -2.36. The zero-order valence-electron chi connectivity index (χ0n) is 12.9. The van der Waals surface area contributed by atoms with Crippen LogP contribution in [-0.2, 0) is 9.59 Å². The number of hydrogen-bond acceptors (Lipinski definition) is 6. The normalized spacial score (nSPS) is 22.5. The number of ketones is 1. The minimum atomic E-state index is -0.863. The second-order valence-corrected chi connectivity index (χ2v) is 5.72. The molecular formula is C17H14N4O3. The molecule has 1 saturated heterocycles. The summed E-state index contributed by atoms with van der Waals surface area (Å²) in [5, 5.41) is 4.87. The lowest BCUT2D eigenvalue weighted by Gasteiger charge is -2.12. The summed E-state index contributed by atoms with van der Waals surface area (Å²) in [6.45, 7) is 2.00. The van der Waals surface area contributed by atoms with Crippen molar-refractivity contribution >= 4 is 34.2 Å². The van der Waals surface area contributed by atoms with Gasteiger partial charge in [-0.1, -0.05) is 24.3 Å². The minimum absolute atomic E-state index is 0.0529. The third kappa shape index (κ3) is 1.94. The fourth-order valence-electron chi connectivity index (χ4n) is 3.17. The van der Waals surface area contributed by atoms with Gasteiger partial charge in [0.25, 0.3) is 5.91 Å². The SMILES string of the molecule is CCN1C(=O)[C@H]2C(C(=O)c3ccc4ccccc4n3)=NN[C@@H]2C1=O. The van der Waals surface area contributed by atoms with Crippen LogP contribution < -0.4 is 5.43 Å². The first-order valence-electron chi connectivity index (χ1n) is 7.70. The zero-order chi connectivity index (χ0) is 16.8. The molecule has 1 fully saturated rings. The van der Waals surface area contributed by atoms with Gasteiger partial charge in [-0.2, -0.15) is 5.10 Å². The molecule has 7 nitrogen and oxygen atoms in total. The van der Waals surface area contributed by atoms with E-state index in [-0.39, 0.29) is 29.8 Å². The summed E-state index contributed by atoms with van der Waals surface area (Å²) in [5.41, 5.74) is 3.58. The molecule has 2 aliphatic rings. The van der Waals surface area contributed by atoms with E-state index in [9.17, 15) is 14.4 Å². The van der Waals surface area contributed by atoms with Crippen LogP contribution in [0.5, 0.6) is 0 Å². The van der Waals surface area contributed by atoms with E-state index in [1.165, 1.54) is 0 Å². The van der Waals surface area contributed by atoms with Crippen molar-refractivity contribution in [3.05, 3.63) is 42.1 Å². The monoisotopic (exact) mass is 322 g/mol. The van der Waals surface area contributed by atoms with Crippen LogP contribution in [0.1, 0.15) is 17.4 Å². The number of aromatic nitrogens is 1. The fourth-order valence-corrected chi connectivity index (χ4v) is 3.17. The standard InChI is InChI=1S/C17H14N4O3/c1-2-21-16(23)12-13(19-20-14(12)17(21)24)15(22)11-8-7-9-5-3-4-6-10(9)18-11/h3-8,12,14,20H,2H2,1H3/t12-,14-/m0/s1. The molecule has 1 aromatic heterocycles. The zero-order valence-corrected chi connectivity index (χ0v) is 12.9. The molecule has 0 spiro atoms. The summed E-state index contributed by atoms with van der Waals surface area (Å²) in [5.74, 6) is -2.02. The van der Waals surface area contributed by atoms with Crippen LogP contribution in [0.2, 0.25) is 0 Å². The van der Waals surface area contributed by atoms with Crippen molar-refractivity contribution in [3.8, 4) is 0 Å². The van der Waals surface area contributed by atoms with Crippen molar-refractivity contribution in [2.24, 2.45) is 11.0 Å². The third-order valence-electron chi connectivity index (χ3n) is 4.40. The molecule has 3 heterocycles. The molecule has 120 valence electrons. The highest BCUT2D eigenvalue weighted by Gasteiger charge is 2.54. The van der Waals surface area contributed by atoms with Crippen molar-refractivity contribution in [2.75, 3.05) is 6.54 Å². The van der Waals surface area contributed by atoms with Gasteiger partial charge in [-0.05, 0) is 19.1 Å². The second-order valence-electron chi connectivity index (χ2n) is 5.72. The summed E-state index contributed by atoms with van der Waals surface area (Å²) in [7, 11) is 0. The van der Waals surface area contributed by atoms with E-state index in [1.807, 2.05) is 24.3 Å². The molecule has 0 saturated carbocycles. The van der Waals surface area contributed by atoms with Gasteiger partial charge in [-0.15, -0.1) is 0 Å². The number of likely N-dealkylation sites (tertiary alicyclic amines) is 1. The Morgan fingerprint density at radius 2 is 1.96 bits per heavy atom. The first-order valence-corrected chi connectivity index (χ1v) is 7.70. The van der Waals surface area contributed by atoms with Crippen LogP contribution in [0.3, 0.4) is 0 Å². The van der Waals surface area contributed by atoms with Crippen LogP contribution in [0.4, 0.5) is 0 Å². The number of imide groups is 1. The van der Waals surface area contributed by atoms with E-state index >= 15 is 0 Å². The molecule has 24 heavy (non-hydrogen) atoms. The van der Waals surface area contributed by atoms with Crippen molar-refractivity contribution in [2.45, 2.75) is 13.0 Å². The molecule has 7 heteroatoms. The van der Waals surface area contributed by atoms with Crippen LogP contribution in [-0.4, -0.2) is 45.8 Å². The number of fused-ring (bicyclic) bond motifs is 2. The molecule has 2 aromatic rings. The maximum absolute atomic E-state index is 12.8. The lowest BCUT2D eigenvalue weighted by molar-refractivity contribution is -0.139. The van der Waals surface area contributed by atoms with Gasteiger partial charge in [-0.25, -0.2) is 4.98 Å². The van der Waals surface area contributed by atoms with Crippen molar-refractivity contribution < 1.29 is 14.4 Å². The largest absolute Gasteiger partial charge is 0.296 e. The number of nitrogens with zero attached hydrogens (tertiary/aromatic N) is 3. The van der Waals surface area contributed by atoms with Crippen LogP contribution >= 0.6 is 0 Å². The molecule has 0 radical (unpaired) electrons. The second kappa shape index (κ2) is 5.23. The van der Waals surface area contributed by atoms with E-state index in [0.29, 0.717) is 5.52 Å². The molecule has 0 aliphatic carbocycles. The number of carbonyl (C=O) groups is 3. The maximum atomic E-state index is 12.8. The summed E-state index contributed by atoms with van der Waals surface area (Å²) in [6, 6.07) is 10.1.